The zero-order valence-corrected chi connectivity index (χ0v) is 20.9. The summed E-state index contributed by atoms with van der Waals surface area (Å²) in [6.45, 7) is 8.41. The SMILES string of the molecule is Cc1cc(C2CCN(C(=O)Cn3nc(C(=O)N4C[C@@H](C)O[C@@H](C)C4)c4c3CCC4)CC2)ccc1F. The van der Waals surface area contributed by atoms with Crippen LogP contribution >= 0.6 is 0 Å². The Balaban J connectivity index is 1.25. The molecular formula is C27H35FN4O3. The Morgan fingerprint density at radius 2 is 1.80 bits per heavy atom. The minimum Gasteiger partial charge on any atom is -0.372 e. The first-order valence-electron chi connectivity index (χ1n) is 12.9. The molecule has 2 saturated heterocycles. The number of amides is 2. The van der Waals surface area contributed by atoms with Crippen LogP contribution in [0.1, 0.15) is 71.9 Å². The maximum atomic E-state index is 13.6. The lowest BCUT2D eigenvalue weighted by molar-refractivity contribution is -0.133. The van der Waals surface area contributed by atoms with E-state index in [1.165, 1.54) is 6.07 Å². The van der Waals surface area contributed by atoms with Gasteiger partial charge >= 0.3 is 0 Å². The van der Waals surface area contributed by atoms with Crippen LogP contribution in [0.15, 0.2) is 18.2 Å². The van der Waals surface area contributed by atoms with E-state index >= 15 is 0 Å². The van der Waals surface area contributed by atoms with Crippen LogP contribution in [0.3, 0.4) is 0 Å². The van der Waals surface area contributed by atoms with Crippen molar-refractivity contribution in [3.63, 3.8) is 0 Å². The zero-order chi connectivity index (χ0) is 24.7. The number of ether oxygens (including phenoxy) is 1. The second-order valence-corrected chi connectivity index (χ2v) is 10.4. The van der Waals surface area contributed by atoms with Crippen molar-refractivity contribution >= 4 is 11.8 Å². The largest absolute Gasteiger partial charge is 0.372 e. The van der Waals surface area contributed by atoms with Gasteiger partial charge in [-0.3, -0.25) is 14.3 Å². The Morgan fingerprint density at radius 3 is 2.49 bits per heavy atom. The first-order valence-corrected chi connectivity index (χ1v) is 12.9. The summed E-state index contributed by atoms with van der Waals surface area (Å²) in [5.41, 5.74) is 4.38. The molecule has 0 saturated carbocycles. The molecule has 2 fully saturated rings. The van der Waals surface area contributed by atoms with Crippen LogP contribution in [-0.2, 0) is 28.9 Å². The fourth-order valence-electron chi connectivity index (χ4n) is 5.92. The number of piperidine rings is 1. The predicted octanol–water partition coefficient (Wildman–Crippen LogP) is 3.47. The molecule has 0 spiro atoms. The van der Waals surface area contributed by atoms with Gasteiger partial charge in [0.2, 0.25) is 5.91 Å². The van der Waals surface area contributed by atoms with Crippen LogP contribution in [0.5, 0.6) is 0 Å². The Hall–Kier alpha value is -2.74. The predicted molar refractivity (Wildman–Crippen MR) is 130 cm³/mol. The summed E-state index contributed by atoms with van der Waals surface area (Å²) in [5.74, 6) is 0.161. The number of benzene rings is 1. The van der Waals surface area contributed by atoms with Crippen molar-refractivity contribution in [1.29, 1.82) is 0 Å². The van der Waals surface area contributed by atoms with E-state index in [2.05, 4.69) is 5.10 Å². The first-order chi connectivity index (χ1) is 16.8. The van der Waals surface area contributed by atoms with E-state index in [4.69, 9.17) is 4.74 Å². The number of hydrogen-bond donors (Lipinski definition) is 0. The van der Waals surface area contributed by atoms with Crippen molar-refractivity contribution in [2.24, 2.45) is 0 Å². The highest BCUT2D eigenvalue weighted by atomic mass is 19.1. The number of likely N-dealkylation sites (tertiary alicyclic amines) is 1. The molecule has 0 N–H and O–H groups in total. The molecule has 3 heterocycles. The number of morpholine rings is 1. The number of nitrogens with zero attached hydrogens (tertiary/aromatic N) is 4. The standard InChI is InChI=1S/C27H35FN4O3/c1-17-13-21(7-8-23(17)28)20-9-11-30(12-10-20)25(33)16-32-24-6-4-5-22(24)26(29-32)27(34)31-14-18(2)35-19(3)15-31/h7-8,13,18-20H,4-6,9-12,14-16H2,1-3H3/t18-,19+. The van der Waals surface area contributed by atoms with Crippen LogP contribution in [0.2, 0.25) is 0 Å². The molecule has 3 aliphatic rings. The van der Waals surface area contributed by atoms with Crippen molar-refractivity contribution in [3.8, 4) is 0 Å². The summed E-state index contributed by atoms with van der Waals surface area (Å²) < 4.78 is 21.2. The van der Waals surface area contributed by atoms with Crippen molar-refractivity contribution in [2.45, 2.75) is 77.5 Å². The average Bonchev–Trinajstić information content (AvgIpc) is 3.44. The monoisotopic (exact) mass is 482 g/mol. The van der Waals surface area contributed by atoms with Crippen molar-refractivity contribution in [2.75, 3.05) is 26.2 Å². The van der Waals surface area contributed by atoms with Gasteiger partial charge in [-0.2, -0.15) is 5.10 Å². The van der Waals surface area contributed by atoms with E-state index in [0.29, 0.717) is 43.4 Å². The normalized spacial score (nSPS) is 23.0. The summed E-state index contributed by atoms with van der Waals surface area (Å²) >= 11 is 0. The molecule has 1 aromatic heterocycles. The highest BCUT2D eigenvalue weighted by Crippen LogP contribution is 2.30. The molecule has 2 atom stereocenters. The van der Waals surface area contributed by atoms with Crippen molar-refractivity contribution in [3.05, 3.63) is 52.1 Å². The third kappa shape index (κ3) is 4.85. The molecule has 0 radical (unpaired) electrons. The smallest absolute Gasteiger partial charge is 0.274 e. The number of fused-ring (bicyclic) bond motifs is 1. The molecule has 1 aromatic carbocycles. The number of aryl methyl sites for hydroxylation is 1. The molecule has 2 aromatic rings. The van der Waals surface area contributed by atoms with Crippen molar-refractivity contribution < 1.29 is 18.7 Å². The Bertz CT molecular complexity index is 1110. The number of aromatic nitrogens is 2. The highest BCUT2D eigenvalue weighted by Gasteiger charge is 2.33. The molecule has 1 aliphatic carbocycles. The Morgan fingerprint density at radius 1 is 1.09 bits per heavy atom. The van der Waals surface area contributed by atoms with E-state index in [9.17, 15) is 14.0 Å². The van der Waals surface area contributed by atoms with Gasteiger partial charge in [-0.25, -0.2) is 4.39 Å². The second-order valence-electron chi connectivity index (χ2n) is 10.4. The number of carbonyl (C=O) groups is 2. The number of hydrogen-bond acceptors (Lipinski definition) is 4. The van der Waals surface area contributed by atoms with E-state index in [-0.39, 0.29) is 36.4 Å². The lowest BCUT2D eigenvalue weighted by atomic mass is 9.88. The maximum Gasteiger partial charge on any atom is 0.274 e. The van der Waals surface area contributed by atoms with Gasteiger partial charge in [0.15, 0.2) is 5.69 Å². The number of carbonyl (C=O) groups excluding carboxylic acids is 2. The van der Waals surface area contributed by atoms with Crippen LogP contribution in [-0.4, -0.2) is 69.8 Å². The fraction of sp³-hybridized carbons (Fsp3) is 0.593. The lowest BCUT2D eigenvalue weighted by Crippen LogP contribution is -2.48. The summed E-state index contributed by atoms with van der Waals surface area (Å²) in [6.07, 6.45) is 4.41. The molecule has 188 valence electrons. The van der Waals surface area contributed by atoms with Gasteiger partial charge in [-0.05, 0) is 76.0 Å². The quantitative estimate of drug-likeness (QED) is 0.669. The molecule has 35 heavy (non-hydrogen) atoms. The van der Waals surface area contributed by atoms with Gasteiger partial charge in [0.05, 0.1) is 12.2 Å². The third-order valence-electron chi connectivity index (χ3n) is 7.70. The van der Waals surface area contributed by atoms with Crippen LogP contribution in [0, 0.1) is 12.7 Å². The summed E-state index contributed by atoms with van der Waals surface area (Å²) in [7, 11) is 0. The molecule has 2 amide bonds. The molecular weight excluding hydrogens is 447 g/mol. The summed E-state index contributed by atoms with van der Waals surface area (Å²) in [6, 6.07) is 5.34. The average molecular weight is 483 g/mol. The van der Waals surface area contributed by atoms with Crippen LogP contribution in [0.25, 0.3) is 0 Å². The zero-order valence-electron chi connectivity index (χ0n) is 20.9. The molecule has 0 unspecified atom stereocenters. The Labute approximate surface area is 206 Å². The van der Waals surface area contributed by atoms with Gasteiger partial charge in [0.1, 0.15) is 12.4 Å². The minimum atomic E-state index is -0.177. The van der Waals surface area contributed by atoms with Gasteiger partial charge < -0.3 is 14.5 Å². The van der Waals surface area contributed by atoms with E-state index in [1.807, 2.05) is 35.8 Å². The number of halogens is 1. The molecule has 8 heteroatoms. The van der Waals surface area contributed by atoms with Gasteiger partial charge in [0, 0.05) is 37.4 Å². The van der Waals surface area contributed by atoms with Crippen LogP contribution < -0.4 is 0 Å². The molecule has 2 aliphatic heterocycles. The van der Waals surface area contributed by atoms with Crippen LogP contribution in [0.4, 0.5) is 4.39 Å². The third-order valence-corrected chi connectivity index (χ3v) is 7.70. The van der Waals surface area contributed by atoms with E-state index in [1.54, 1.807) is 11.6 Å². The fourth-order valence-corrected chi connectivity index (χ4v) is 5.92. The summed E-state index contributed by atoms with van der Waals surface area (Å²) in [5, 5.41) is 4.67. The van der Waals surface area contributed by atoms with Gasteiger partial charge in [-0.15, -0.1) is 0 Å². The van der Waals surface area contributed by atoms with Gasteiger partial charge in [0.25, 0.3) is 5.91 Å². The lowest BCUT2D eigenvalue weighted by Gasteiger charge is -2.35. The van der Waals surface area contributed by atoms with E-state index < -0.39 is 0 Å². The molecule has 7 nitrogen and oxygen atoms in total. The highest BCUT2D eigenvalue weighted by molar-refractivity contribution is 5.94. The minimum absolute atomic E-state index is 0.00108. The van der Waals surface area contributed by atoms with Gasteiger partial charge in [-0.1, -0.05) is 12.1 Å². The summed E-state index contributed by atoms with van der Waals surface area (Å²) in [4.78, 5) is 30.3. The number of rotatable bonds is 4. The topological polar surface area (TPSA) is 67.7 Å². The second kappa shape index (κ2) is 9.72. The van der Waals surface area contributed by atoms with E-state index in [0.717, 1.165) is 48.9 Å². The molecule has 5 rings (SSSR count). The first kappa shape index (κ1) is 24.0. The maximum absolute atomic E-state index is 13.6. The Kier molecular flexibility index (Phi) is 6.66. The molecule has 0 bridgehead atoms. The van der Waals surface area contributed by atoms with Crippen molar-refractivity contribution in [1.82, 2.24) is 19.6 Å².